The van der Waals surface area contributed by atoms with Crippen LogP contribution in [0.2, 0.25) is 0 Å². The standard InChI is InChI=1S/C19H18FNO5S2/c1-26-14-8-6-13(7-9-14)17(21(23)12-22)11-28(24,25)10-16-15-4-2-3-5-18(15)27-19(16)20/h2-9,12,17,23H,10-11H2,1H3/t17-/m1/s1. The second-order valence-corrected chi connectivity index (χ2v) is 9.29. The Bertz CT molecular complexity index is 1080. The van der Waals surface area contributed by atoms with Crippen molar-refractivity contribution in [2.24, 2.45) is 0 Å². The first kappa shape index (κ1) is 20.2. The van der Waals surface area contributed by atoms with Crippen molar-refractivity contribution < 1.29 is 27.5 Å². The van der Waals surface area contributed by atoms with Crippen molar-refractivity contribution in [1.29, 1.82) is 0 Å². The number of sulfone groups is 1. The molecule has 3 rings (SSSR count). The van der Waals surface area contributed by atoms with Crippen LogP contribution in [0.1, 0.15) is 17.2 Å². The Morgan fingerprint density at radius 3 is 2.54 bits per heavy atom. The lowest BCUT2D eigenvalue weighted by atomic mass is 10.1. The number of fused-ring (bicyclic) bond motifs is 1. The fraction of sp³-hybridized carbons (Fsp3) is 0.211. The molecule has 9 heteroatoms. The maximum Gasteiger partial charge on any atom is 0.233 e. The van der Waals surface area contributed by atoms with E-state index in [0.717, 1.165) is 11.3 Å². The Morgan fingerprint density at radius 2 is 1.89 bits per heavy atom. The number of amides is 1. The highest BCUT2D eigenvalue weighted by Crippen LogP contribution is 2.32. The molecule has 2 aromatic carbocycles. The smallest absolute Gasteiger partial charge is 0.233 e. The highest BCUT2D eigenvalue weighted by atomic mass is 32.2. The average Bonchev–Trinajstić information content (AvgIpc) is 3.00. The highest BCUT2D eigenvalue weighted by Gasteiger charge is 2.28. The van der Waals surface area contributed by atoms with E-state index in [0.29, 0.717) is 26.5 Å². The number of benzene rings is 2. The number of carbonyl (C=O) groups is 1. The van der Waals surface area contributed by atoms with Crippen molar-refractivity contribution in [3.63, 3.8) is 0 Å². The molecule has 0 radical (unpaired) electrons. The molecule has 0 saturated heterocycles. The molecule has 0 bridgehead atoms. The largest absolute Gasteiger partial charge is 0.497 e. The topological polar surface area (TPSA) is 83.9 Å². The number of halogens is 1. The molecule has 6 nitrogen and oxygen atoms in total. The summed E-state index contributed by atoms with van der Waals surface area (Å²) in [4.78, 5) is 11.1. The molecule has 0 aliphatic carbocycles. The van der Waals surface area contributed by atoms with Crippen molar-refractivity contribution in [3.8, 4) is 5.75 Å². The summed E-state index contributed by atoms with van der Waals surface area (Å²) in [6.45, 7) is 0. The summed E-state index contributed by atoms with van der Waals surface area (Å²) in [5.41, 5.74) is 0.513. The Hall–Kier alpha value is -2.49. The molecular weight excluding hydrogens is 405 g/mol. The number of nitrogens with zero attached hydrogens (tertiary/aromatic N) is 1. The van der Waals surface area contributed by atoms with Gasteiger partial charge >= 0.3 is 0 Å². The van der Waals surface area contributed by atoms with Gasteiger partial charge in [0.2, 0.25) is 6.41 Å². The van der Waals surface area contributed by atoms with E-state index in [2.05, 4.69) is 0 Å². The second-order valence-electron chi connectivity index (χ2n) is 6.18. The SMILES string of the molecule is COc1ccc([C@@H](CS(=O)(=O)Cc2c(F)sc3ccccc23)N(O)C=O)cc1. The van der Waals surface area contributed by atoms with Crippen LogP contribution in [-0.4, -0.2) is 38.0 Å². The van der Waals surface area contributed by atoms with Crippen LogP contribution < -0.4 is 4.74 Å². The van der Waals surface area contributed by atoms with Crippen molar-refractivity contribution in [2.45, 2.75) is 11.8 Å². The second kappa shape index (κ2) is 8.26. The predicted octanol–water partition coefficient (Wildman–Crippen LogP) is 3.55. The zero-order chi connectivity index (χ0) is 20.3. The normalized spacial score (nSPS) is 12.7. The minimum absolute atomic E-state index is 0.102. The van der Waals surface area contributed by atoms with Crippen LogP contribution in [0.15, 0.2) is 48.5 Å². The number of rotatable bonds is 8. The molecule has 3 aromatic rings. The summed E-state index contributed by atoms with van der Waals surface area (Å²) in [5, 5.41) is 10.2. The summed E-state index contributed by atoms with van der Waals surface area (Å²) in [5.74, 6) is -0.534. The molecular formula is C19H18FNO5S2. The molecule has 0 aliphatic heterocycles. The number of hydrogen-bond donors (Lipinski definition) is 1. The minimum Gasteiger partial charge on any atom is -0.497 e. The lowest BCUT2D eigenvalue weighted by Crippen LogP contribution is -2.30. The van der Waals surface area contributed by atoms with E-state index in [1.165, 1.54) is 7.11 Å². The van der Waals surface area contributed by atoms with Gasteiger partial charge in [0.15, 0.2) is 15.0 Å². The molecule has 1 amide bonds. The first-order valence-electron chi connectivity index (χ1n) is 8.27. The van der Waals surface area contributed by atoms with Gasteiger partial charge < -0.3 is 4.74 Å². The van der Waals surface area contributed by atoms with Crippen LogP contribution in [0.4, 0.5) is 4.39 Å². The van der Waals surface area contributed by atoms with E-state index < -0.39 is 32.5 Å². The zero-order valence-electron chi connectivity index (χ0n) is 14.9. The van der Waals surface area contributed by atoms with E-state index in [1.807, 2.05) is 0 Å². The monoisotopic (exact) mass is 423 g/mol. The third-order valence-corrected chi connectivity index (χ3v) is 6.91. The zero-order valence-corrected chi connectivity index (χ0v) is 16.5. The van der Waals surface area contributed by atoms with Gasteiger partial charge in [-0.15, -0.1) is 11.3 Å². The predicted molar refractivity (Wildman–Crippen MR) is 105 cm³/mol. The van der Waals surface area contributed by atoms with Gasteiger partial charge in [0.25, 0.3) is 0 Å². The minimum atomic E-state index is -3.86. The number of hydroxylamine groups is 2. The van der Waals surface area contributed by atoms with Gasteiger partial charge in [-0.1, -0.05) is 30.3 Å². The maximum absolute atomic E-state index is 14.3. The van der Waals surface area contributed by atoms with Crippen molar-refractivity contribution in [1.82, 2.24) is 5.06 Å². The summed E-state index contributed by atoms with van der Waals surface area (Å²) in [6, 6.07) is 12.1. The highest BCUT2D eigenvalue weighted by molar-refractivity contribution is 7.90. The van der Waals surface area contributed by atoms with Crippen LogP contribution in [0.3, 0.4) is 0 Å². The molecule has 0 unspecified atom stereocenters. The van der Waals surface area contributed by atoms with Gasteiger partial charge in [-0.25, -0.2) is 13.5 Å². The Kier molecular flexibility index (Phi) is 5.97. The molecule has 1 aromatic heterocycles. The number of thiophene rings is 1. The van der Waals surface area contributed by atoms with Crippen LogP contribution in [0, 0.1) is 5.13 Å². The summed E-state index contributed by atoms with van der Waals surface area (Å²) in [6.07, 6.45) is 0.144. The quantitative estimate of drug-likeness (QED) is 0.340. The Morgan fingerprint density at radius 1 is 1.21 bits per heavy atom. The summed E-state index contributed by atoms with van der Waals surface area (Å²) < 4.78 is 45.6. The fourth-order valence-electron chi connectivity index (χ4n) is 2.95. The van der Waals surface area contributed by atoms with Gasteiger partial charge in [-0.05, 0) is 29.1 Å². The van der Waals surface area contributed by atoms with Gasteiger partial charge in [0.05, 0.1) is 24.7 Å². The van der Waals surface area contributed by atoms with E-state index in [1.54, 1.807) is 48.5 Å². The van der Waals surface area contributed by atoms with E-state index in [4.69, 9.17) is 4.74 Å². The van der Waals surface area contributed by atoms with Crippen molar-refractivity contribution in [2.75, 3.05) is 12.9 Å². The number of methoxy groups -OCH3 is 1. The number of ether oxygens (including phenoxy) is 1. The molecule has 1 heterocycles. The van der Waals surface area contributed by atoms with E-state index >= 15 is 0 Å². The van der Waals surface area contributed by atoms with Gasteiger partial charge in [0, 0.05) is 10.3 Å². The van der Waals surface area contributed by atoms with Gasteiger partial charge in [-0.2, -0.15) is 4.39 Å². The molecule has 28 heavy (non-hydrogen) atoms. The third kappa shape index (κ3) is 4.32. The van der Waals surface area contributed by atoms with Crippen LogP contribution in [0.5, 0.6) is 5.75 Å². The van der Waals surface area contributed by atoms with Crippen LogP contribution in [-0.2, 0) is 20.4 Å². The number of hydrogen-bond acceptors (Lipinski definition) is 6. The number of carbonyl (C=O) groups excluding carboxylic acids is 1. The molecule has 0 fully saturated rings. The van der Waals surface area contributed by atoms with E-state index in [9.17, 15) is 22.8 Å². The molecule has 0 saturated carbocycles. The van der Waals surface area contributed by atoms with Gasteiger partial charge in [0.1, 0.15) is 5.75 Å². The lowest BCUT2D eigenvalue weighted by molar-refractivity contribution is -0.158. The Labute approximate surface area is 165 Å². The third-order valence-electron chi connectivity index (χ3n) is 4.35. The summed E-state index contributed by atoms with van der Waals surface area (Å²) >= 11 is 0.889. The van der Waals surface area contributed by atoms with Crippen LogP contribution in [0.25, 0.3) is 10.1 Å². The van der Waals surface area contributed by atoms with Crippen molar-refractivity contribution >= 4 is 37.7 Å². The van der Waals surface area contributed by atoms with Gasteiger partial charge in [-0.3, -0.25) is 10.0 Å². The molecule has 0 aliphatic rings. The first-order valence-corrected chi connectivity index (χ1v) is 10.9. The first-order chi connectivity index (χ1) is 13.3. The average molecular weight is 423 g/mol. The van der Waals surface area contributed by atoms with Crippen molar-refractivity contribution in [3.05, 3.63) is 64.8 Å². The Balaban J connectivity index is 1.90. The molecule has 148 valence electrons. The van der Waals surface area contributed by atoms with Crippen LogP contribution >= 0.6 is 11.3 Å². The maximum atomic E-state index is 14.3. The molecule has 1 atom stereocenters. The molecule has 0 spiro atoms. The molecule has 1 N–H and O–H groups in total. The lowest BCUT2D eigenvalue weighted by Gasteiger charge is -2.23. The summed E-state index contributed by atoms with van der Waals surface area (Å²) in [7, 11) is -2.38. The van der Waals surface area contributed by atoms with E-state index in [-0.39, 0.29) is 12.0 Å². The fourth-order valence-corrected chi connectivity index (χ4v) is 5.65.